The summed E-state index contributed by atoms with van der Waals surface area (Å²) < 4.78 is 5.68. The molecule has 3 heteroatoms. The van der Waals surface area contributed by atoms with E-state index in [-0.39, 0.29) is 0 Å². The Morgan fingerprint density at radius 3 is 2.62 bits per heavy atom. The highest BCUT2D eigenvalue weighted by Gasteiger charge is 2.15. The molecule has 0 amide bonds. The van der Waals surface area contributed by atoms with Crippen LogP contribution in [0.3, 0.4) is 0 Å². The first-order valence-corrected chi connectivity index (χ1v) is 8.58. The van der Waals surface area contributed by atoms with E-state index in [1.54, 1.807) is 0 Å². The van der Waals surface area contributed by atoms with E-state index in [0.717, 1.165) is 25.4 Å². The molecule has 0 radical (unpaired) electrons. The molecule has 122 valence electrons. The summed E-state index contributed by atoms with van der Waals surface area (Å²) >= 11 is 0. The second kappa shape index (κ2) is 10.0. The Labute approximate surface area is 131 Å². The van der Waals surface area contributed by atoms with E-state index >= 15 is 0 Å². The van der Waals surface area contributed by atoms with Gasteiger partial charge >= 0.3 is 0 Å². The zero-order valence-electron chi connectivity index (χ0n) is 14.6. The summed E-state index contributed by atoms with van der Waals surface area (Å²) in [6.07, 6.45) is 5.54. The lowest BCUT2D eigenvalue weighted by atomic mass is 10.1. The third kappa shape index (κ3) is 6.66. The van der Waals surface area contributed by atoms with E-state index in [0.29, 0.717) is 12.0 Å². The maximum absolute atomic E-state index is 5.68. The van der Waals surface area contributed by atoms with Crippen LogP contribution in [-0.2, 0) is 13.1 Å². The van der Waals surface area contributed by atoms with E-state index in [1.807, 2.05) is 6.26 Å². The minimum Gasteiger partial charge on any atom is -0.468 e. The summed E-state index contributed by atoms with van der Waals surface area (Å²) in [6, 6.07) is 2.76. The lowest BCUT2D eigenvalue weighted by Gasteiger charge is -2.28. The fraction of sp³-hybridized carbons (Fsp3) is 0.778. The molecule has 21 heavy (non-hydrogen) atoms. The number of unbranched alkanes of at least 4 members (excludes halogenated alkanes) is 1. The van der Waals surface area contributed by atoms with Gasteiger partial charge in [-0.25, -0.2) is 0 Å². The van der Waals surface area contributed by atoms with Gasteiger partial charge in [-0.2, -0.15) is 0 Å². The van der Waals surface area contributed by atoms with Crippen LogP contribution in [0.5, 0.6) is 0 Å². The van der Waals surface area contributed by atoms with Gasteiger partial charge in [0.1, 0.15) is 5.76 Å². The van der Waals surface area contributed by atoms with Crippen molar-refractivity contribution in [2.45, 2.75) is 73.0 Å². The van der Waals surface area contributed by atoms with Crippen LogP contribution in [0, 0.1) is 5.92 Å². The van der Waals surface area contributed by atoms with Crippen LogP contribution in [0.2, 0.25) is 0 Å². The van der Waals surface area contributed by atoms with Crippen LogP contribution in [0.4, 0.5) is 0 Å². The van der Waals surface area contributed by atoms with Gasteiger partial charge in [0.05, 0.1) is 12.8 Å². The van der Waals surface area contributed by atoms with Gasteiger partial charge in [0.15, 0.2) is 0 Å². The Kier molecular flexibility index (Phi) is 8.70. The molecule has 0 bridgehead atoms. The average Bonchev–Trinajstić information content (AvgIpc) is 2.89. The highest BCUT2D eigenvalue weighted by atomic mass is 16.3. The Morgan fingerprint density at radius 2 is 2.00 bits per heavy atom. The maximum atomic E-state index is 5.68. The molecule has 0 aromatic carbocycles. The van der Waals surface area contributed by atoms with Crippen molar-refractivity contribution >= 4 is 0 Å². The van der Waals surface area contributed by atoms with Gasteiger partial charge in [0.25, 0.3) is 0 Å². The van der Waals surface area contributed by atoms with Crippen molar-refractivity contribution in [1.29, 1.82) is 0 Å². The smallest absolute Gasteiger partial charge is 0.122 e. The Hall–Kier alpha value is -0.800. The summed E-state index contributed by atoms with van der Waals surface area (Å²) in [5.41, 5.74) is 1.34. The third-order valence-corrected chi connectivity index (χ3v) is 4.06. The molecule has 1 atom stereocenters. The highest BCUT2D eigenvalue weighted by molar-refractivity contribution is 5.17. The van der Waals surface area contributed by atoms with Crippen LogP contribution in [0.25, 0.3) is 0 Å². The number of nitrogens with zero attached hydrogens (tertiary/aromatic N) is 1. The normalized spacial score (nSPS) is 13.3. The number of hydrogen-bond donors (Lipinski definition) is 1. The van der Waals surface area contributed by atoms with Gasteiger partial charge < -0.3 is 9.73 Å². The molecule has 0 saturated carbocycles. The van der Waals surface area contributed by atoms with Gasteiger partial charge in [0, 0.05) is 18.2 Å². The maximum Gasteiger partial charge on any atom is 0.122 e. The summed E-state index contributed by atoms with van der Waals surface area (Å²) in [5, 5.41) is 3.47. The fourth-order valence-corrected chi connectivity index (χ4v) is 2.43. The zero-order chi connectivity index (χ0) is 15.7. The zero-order valence-corrected chi connectivity index (χ0v) is 14.6. The van der Waals surface area contributed by atoms with Gasteiger partial charge in [-0.3, -0.25) is 4.90 Å². The average molecular weight is 294 g/mol. The van der Waals surface area contributed by atoms with Crippen LogP contribution < -0.4 is 5.32 Å². The predicted molar refractivity (Wildman–Crippen MR) is 90.3 cm³/mol. The molecule has 1 unspecified atom stereocenters. The second-order valence-electron chi connectivity index (χ2n) is 6.48. The van der Waals surface area contributed by atoms with E-state index in [2.05, 4.69) is 50.9 Å². The van der Waals surface area contributed by atoms with Gasteiger partial charge in [-0.1, -0.05) is 34.1 Å². The van der Waals surface area contributed by atoms with Gasteiger partial charge in [-0.15, -0.1) is 0 Å². The molecule has 1 heterocycles. The molecule has 0 aliphatic heterocycles. The summed E-state index contributed by atoms with van der Waals surface area (Å²) in [4.78, 5) is 2.58. The molecule has 1 N–H and O–H groups in total. The first-order valence-electron chi connectivity index (χ1n) is 8.58. The Balaban J connectivity index is 2.59. The second-order valence-corrected chi connectivity index (χ2v) is 6.48. The van der Waals surface area contributed by atoms with E-state index in [9.17, 15) is 0 Å². The molecule has 0 aliphatic rings. The molecule has 3 nitrogen and oxygen atoms in total. The van der Waals surface area contributed by atoms with Crippen LogP contribution in [0.15, 0.2) is 16.7 Å². The van der Waals surface area contributed by atoms with E-state index in [1.165, 1.54) is 31.4 Å². The molecule has 0 spiro atoms. The van der Waals surface area contributed by atoms with Gasteiger partial charge in [-0.05, 0) is 44.8 Å². The quantitative estimate of drug-likeness (QED) is 0.654. The third-order valence-electron chi connectivity index (χ3n) is 4.06. The van der Waals surface area contributed by atoms with Gasteiger partial charge in [0.2, 0.25) is 0 Å². The lowest BCUT2D eigenvalue weighted by Crippen LogP contribution is -2.33. The SMILES string of the molecule is CCCCN(Cc1ccoc1CNCC(C)C)C(C)CC. The number of nitrogens with one attached hydrogen (secondary N) is 1. The van der Waals surface area contributed by atoms with Crippen molar-refractivity contribution < 1.29 is 4.42 Å². The Bertz CT molecular complexity index is 373. The molecular formula is C18H34N2O. The van der Waals surface area contributed by atoms with Crippen LogP contribution in [0.1, 0.15) is 65.2 Å². The number of furan rings is 1. The molecule has 0 fully saturated rings. The Morgan fingerprint density at radius 1 is 1.24 bits per heavy atom. The fourth-order valence-electron chi connectivity index (χ4n) is 2.43. The largest absolute Gasteiger partial charge is 0.468 e. The summed E-state index contributed by atoms with van der Waals surface area (Å²) in [7, 11) is 0. The molecule has 1 rings (SSSR count). The van der Waals surface area contributed by atoms with Crippen molar-refractivity contribution in [3.8, 4) is 0 Å². The number of rotatable bonds is 11. The van der Waals surface area contributed by atoms with E-state index < -0.39 is 0 Å². The minimum atomic E-state index is 0.628. The van der Waals surface area contributed by atoms with Crippen LogP contribution in [-0.4, -0.2) is 24.0 Å². The molecule has 1 aromatic rings. The topological polar surface area (TPSA) is 28.4 Å². The predicted octanol–water partition coefficient (Wildman–Crippen LogP) is 4.43. The minimum absolute atomic E-state index is 0.628. The summed E-state index contributed by atoms with van der Waals surface area (Å²) in [6.45, 7) is 15.4. The molecular weight excluding hydrogens is 260 g/mol. The van der Waals surface area contributed by atoms with Crippen molar-refractivity contribution in [1.82, 2.24) is 10.2 Å². The number of hydrogen-bond acceptors (Lipinski definition) is 3. The molecule has 0 aliphatic carbocycles. The van der Waals surface area contributed by atoms with E-state index in [4.69, 9.17) is 4.42 Å². The van der Waals surface area contributed by atoms with Crippen LogP contribution >= 0.6 is 0 Å². The van der Waals surface area contributed by atoms with Crippen molar-refractivity contribution in [2.24, 2.45) is 5.92 Å². The summed E-state index contributed by atoms with van der Waals surface area (Å²) in [5.74, 6) is 1.77. The van der Waals surface area contributed by atoms with Crippen molar-refractivity contribution in [3.63, 3.8) is 0 Å². The molecule has 0 saturated heterocycles. The monoisotopic (exact) mass is 294 g/mol. The lowest BCUT2D eigenvalue weighted by molar-refractivity contribution is 0.191. The first kappa shape index (κ1) is 18.2. The highest BCUT2D eigenvalue weighted by Crippen LogP contribution is 2.17. The standard InChI is InChI=1S/C18H34N2O/c1-6-8-10-20(16(5)7-2)14-17-9-11-21-18(17)13-19-12-15(3)4/h9,11,15-16,19H,6-8,10,12-14H2,1-5H3. The van der Waals surface area contributed by atoms with Crippen molar-refractivity contribution in [3.05, 3.63) is 23.7 Å². The van der Waals surface area contributed by atoms with Crippen molar-refractivity contribution in [2.75, 3.05) is 13.1 Å². The first-order chi connectivity index (χ1) is 10.1. The molecule has 1 aromatic heterocycles.